The molecular formula is C17H25NO3. The lowest BCUT2D eigenvalue weighted by Crippen LogP contribution is -2.41. The number of nitrogens with zero attached hydrogens (tertiary/aromatic N) is 1. The molecule has 1 amide bonds. The number of hydrogen-bond acceptors (Lipinski definition) is 2. The Hall–Kier alpha value is -1.06. The average Bonchev–Trinajstić information content (AvgIpc) is 2.83. The second-order valence-electron chi connectivity index (χ2n) is 7.98. The van der Waals surface area contributed by atoms with Gasteiger partial charge in [0, 0.05) is 19.5 Å². The third-order valence-electron chi connectivity index (χ3n) is 6.92. The molecule has 1 N–H and O–H groups in total. The van der Waals surface area contributed by atoms with Crippen LogP contribution in [0.5, 0.6) is 0 Å². The van der Waals surface area contributed by atoms with Crippen LogP contribution >= 0.6 is 0 Å². The van der Waals surface area contributed by atoms with Gasteiger partial charge in [0.2, 0.25) is 5.91 Å². The number of aliphatic carboxylic acids is 1. The summed E-state index contributed by atoms with van der Waals surface area (Å²) in [5.74, 6) is 1.90. The van der Waals surface area contributed by atoms with Crippen molar-refractivity contribution < 1.29 is 14.7 Å². The van der Waals surface area contributed by atoms with Gasteiger partial charge in [0.25, 0.3) is 0 Å². The number of fused-ring (bicyclic) bond motifs is 2. The second-order valence-corrected chi connectivity index (χ2v) is 7.98. The lowest BCUT2D eigenvalue weighted by molar-refractivity contribution is -0.140. The number of carboxylic acid groups (broad SMARTS) is 1. The van der Waals surface area contributed by atoms with Crippen molar-refractivity contribution in [2.75, 3.05) is 13.1 Å². The number of carbonyl (C=O) groups is 2. The summed E-state index contributed by atoms with van der Waals surface area (Å²) in [7, 11) is 0. The molecule has 3 aliphatic carbocycles. The Balaban J connectivity index is 1.28. The molecule has 0 aromatic heterocycles. The first-order valence-corrected chi connectivity index (χ1v) is 8.58. The molecule has 1 saturated heterocycles. The van der Waals surface area contributed by atoms with Crippen molar-refractivity contribution in [3.05, 3.63) is 0 Å². The van der Waals surface area contributed by atoms with Gasteiger partial charge in [-0.3, -0.25) is 9.59 Å². The molecule has 4 rings (SSSR count). The van der Waals surface area contributed by atoms with E-state index in [0.29, 0.717) is 11.8 Å². The van der Waals surface area contributed by atoms with Crippen LogP contribution < -0.4 is 0 Å². The quantitative estimate of drug-likeness (QED) is 0.869. The molecule has 1 heterocycles. The number of likely N-dealkylation sites (tertiary alicyclic amines) is 1. The SMILES string of the molecule is O=C(O)C1CC12CCN(C(=O)CC1CC3CCC1C3)CC2. The first kappa shape index (κ1) is 13.6. The van der Waals surface area contributed by atoms with Crippen molar-refractivity contribution >= 4 is 11.9 Å². The fourth-order valence-corrected chi connectivity index (χ4v) is 5.43. The van der Waals surface area contributed by atoms with E-state index in [-0.39, 0.29) is 11.3 Å². The van der Waals surface area contributed by atoms with Gasteiger partial charge in [-0.25, -0.2) is 0 Å². The molecule has 0 aromatic rings. The summed E-state index contributed by atoms with van der Waals surface area (Å²) in [6.07, 6.45) is 8.73. The van der Waals surface area contributed by atoms with Crippen molar-refractivity contribution in [1.29, 1.82) is 0 Å². The van der Waals surface area contributed by atoms with Crippen molar-refractivity contribution in [3.63, 3.8) is 0 Å². The van der Waals surface area contributed by atoms with Crippen LogP contribution in [0.4, 0.5) is 0 Å². The highest BCUT2D eigenvalue weighted by Gasteiger charge is 2.59. The summed E-state index contributed by atoms with van der Waals surface area (Å²) in [5, 5.41) is 9.12. The van der Waals surface area contributed by atoms with Crippen LogP contribution in [-0.4, -0.2) is 35.0 Å². The zero-order valence-corrected chi connectivity index (χ0v) is 12.6. The Morgan fingerprint density at radius 1 is 1.14 bits per heavy atom. The van der Waals surface area contributed by atoms with Gasteiger partial charge in [-0.05, 0) is 61.7 Å². The minimum atomic E-state index is -0.642. The largest absolute Gasteiger partial charge is 0.481 e. The lowest BCUT2D eigenvalue weighted by atomic mass is 9.85. The summed E-state index contributed by atoms with van der Waals surface area (Å²) in [5.41, 5.74) is 0.0367. The average molecular weight is 291 g/mol. The van der Waals surface area contributed by atoms with E-state index in [1.165, 1.54) is 25.7 Å². The zero-order valence-electron chi connectivity index (χ0n) is 12.6. The number of carbonyl (C=O) groups excluding carboxylic acids is 1. The van der Waals surface area contributed by atoms with E-state index in [2.05, 4.69) is 0 Å². The van der Waals surface area contributed by atoms with E-state index in [4.69, 9.17) is 5.11 Å². The Morgan fingerprint density at radius 3 is 2.43 bits per heavy atom. The third-order valence-corrected chi connectivity index (χ3v) is 6.92. The van der Waals surface area contributed by atoms with E-state index in [0.717, 1.165) is 50.6 Å². The number of amides is 1. The van der Waals surface area contributed by atoms with E-state index < -0.39 is 5.97 Å². The molecule has 4 aliphatic rings. The van der Waals surface area contributed by atoms with Crippen LogP contribution in [0, 0.1) is 29.1 Å². The van der Waals surface area contributed by atoms with Crippen LogP contribution in [-0.2, 0) is 9.59 Å². The predicted octanol–water partition coefficient (Wildman–Crippen LogP) is 2.53. The molecule has 4 atom stereocenters. The van der Waals surface area contributed by atoms with Crippen molar-refractivity contribution in [2.24, 2.45) is 29.1 Å². The molecule has 4 unspecified atom stereocenters. The number of hydrogen-bond donors (Lipinski definition) is 1. The molecule has 4 nitrogen and oxygen atoms in total. The first-order chi connectivity index (χ1) is 10.1. The number of carboxylic acids is 1. The molecule has 2 bridgehead atoms. The first-order valence-electron chi connectivity index (χ1n) is 8.58. The van der Waals surface area contributed by atoms with Gasteiger partial charge in [-0.1, -0.05) is 6.42 Å². The second kappa shape index (κ2) is 4.72. The summed E-state index contributed by atoms with van der Waals surface area (Å²) < 4.78 is 0. The van der Waals surface area contributed by atoms with Gasteiger partial charge in [0.1, 0.15) is 0 Å². The Bertz CT molecular complexity index is 467. The zero-order chi connectivity index (χ0) is 14.6. The number of piperidine rings is 1. The van der Waals surface area contributed by atoms with Crippen LogP contribution in [0.2, 0.25) is 0 Å². The normalized spacial score (nSPS) is 39.7. The number of rotatable bonds is 3. The smallest absolute Gasteiger partial charge is 0.307 e. The van der Waals surface area contributed by atoms with Gasteiger partial charge in [0.05, 0.1) is 5.92 Å². The van der Waals surface area contributed by atoms with Crippen LogP contribution in [0.25, 0.3) is 0 Å². The fourth-order valence-electron chi connectivity index (χ4n) is 5.43. The molecule has 4 fully saturated rings. The van der Waals surface area contributed by atoms with E-state index in [1.807, 2.05) is 4.90 Å². The van der Waals surface area contributed by atoms with Crippen molar-refractivity contribution in [1.82, 2.24) is 4.90 Å². The molecule has 0 aromatic carbocycles. The maximum absolute atomic E-state index is 12.5. The van der Waals surface area contributed by atoms with E-state index in [9.17, 15) is 9.59 Å². The van der Waals surface area contributed by atoms with Crippen LogP contribution in [0.15, 0.2) is 0 Å². The van der Waals surface area contributed by atoms with Gasteiger partial charge in [-0.2, -0.15) is 0 Å². The highest BCUT2D eigenvalue weighted by molar-refractivity contribution is 5.77. The highest BCUT2D eigenvalue weighted by atomic mass is 16.4. The van der Waals surface area contributed by atoms with Crippen molar-refractivity contribution in [2.45, 2.75) is 51.4 Å². The summed E-state index contributed by atoms with van der Waals surface area (Å²) in [4.78, 5) is 25.6. The monoisotopic (exact) mass is 291 g/mol. The molecule has 21 heavy (non-hydrogen) atoms. The van der Waals surface area contributed by atoms with Crippen LogP contribution in [0.3, 0.4) is 0 Å². The Labute approximate surface area is 125 Å². The van der Waals surface area contributed by atoms with E-state index in [1.54, 1.807) is 0 Å². The summed E-state index contributed by atoms with van der Waals surface area (Å²) in [6.45, 7) is 1.56. The highest BCUT2D eigenvalue weighted by Crippen LogP contribution is 2.59. The maximum Gasteiger partial charge on any atom is 0.307 e. The third kappa shape index (κ3) is 2.27. The molecule has 3 saturated carbocycles. The van der Waals surface area contributed by atoms with Gasteiger partial charge in [-0.15, -0.1) is 0 Å². The van der Waals surface area contributed by atoms with Gasteiger partial charge < -0.3 is 10.0 Å². The van der Waals surface area contributed by atoms with Gasteiger partial charge in [0.15, 0.2) is 0 Å². The Kier molecular flexibility index (Phi) is 3.05. The molecule has 4 heteroatoms. The molecule has 1 aliphatic heterocycles. The molecule has 116 valence electrons. The van der Waals surface area contributed by atoms with Crippen molar-refractivity contribution in [3.8, 4) is 0 Å². The van der Waals surface area contributed by atoms with Gasteiger partial charge >= 0.3 is 5.97 Å². The standard InChI is InChI=1S/C17H25NO3/c19-15(9-13-8-11-1-2-12(13)7-11)18-5-3-17(4-6-18)10-14(17)16(20)21/h11-14H,1-10H2,(H,20,21). The minimum absolute atomic E-state index is 0.0367. The predicted molar refractivity (Wildman–Crippen MR) is 77.5 cm³/mol. The fraction of sp³-hybridized carbons (Fsp3) is 0.882. The summed E-state index contributed by atoms with van der Waals surface area (Å²) >= 11 is 0. The van der Waals surface area contributed by atoms with Crippen LogP contribution in [0.1, 0.15) is 51.4 Å². The lowest BCUT2D eigenvalue weighted by Gasteiger charge is -2.34. The Morgan fingerprint density at radius 2 is 1.90 bits per heavy atom. The maximum atomic E-state index is 12.5. The molecular weight excluding hydrogens is 266 g/mol. The molecule has 0 radical (unpaired) electrons. The topological polar surface area (TPSA) is 57.6 Å². The summed E-state index contributed by atoms with van der Waals surface area (Å²) in [6, 6.07) is 0. The molecule has 1 spiro atoms. The minimum Gasteiger partial charge on any atom is -0.481 e. The van der Waals surface area contributed by atoms with E-state index >= 15 is 0 Å².